The van der Waals surface area contributed by atoms with Gasteiger partial charge in [0.1, 0.15) is 24.9 Å². The van der Waals surface area contributed by atoms with E-state index in [1.807, 2.05) is 27.7 Å². The Morgan fingerprint density at radius 1 is 1.14 bits per heavy atom. The minimum Gasteiger partial charge on any atom is -0.462 e. The Bertz CT molecular complexity index is 420. The van der Waals surface area contributed by atoms with Gasteiger partial charge in [0.25, 0.3) is 0 Å². The lowest BCUT2D eigenvalue weighted by Gasteiger charge is -2.35. The van der Waals surface area contributed by atoms with Gasteiger partial charge in [0.2, 0.25) is 0 Å². The summed E-state index contributed by atoms with van der Waals surface area (Å²) >= 11 is 0. The topological polar surface area (TPSA) is 69.7 Å². The summed E-state index contributed by atoms with van der Waals surface area (Å²) in [4.78, 5) is 34.1. The van der Waals surface area contributed by atoms with Crippen LogP contribution in [0.3, 0.4) is 0 Å². The maximum absolute atomic E-state index is 11.7. The molecule has 0 saturated heterocycles. The molecule has 5 heteroatoms. The molecule has 0 spiro atoms. The fourth-order valence-corrected chi connectivity index (χ4v) is 2.04. The fraction of sp³-hybridized carbons (Fsp3) is 0.688. The second-order valence-corrected chi connectivity index (χ2v) is 6.38. The number of Topliss-reactive ketones (excluding diaryl/α,β-unsaturated/α-hetero) is 1. The van der Waals surface area contributed by atoms with E-state index in [4.69, 9.17) is 9.47 Å². The standard InChI is InChI=1S/C16H26O5/c1-10(2)14(21-13(18)8-12(5)17)16(6,7)9-20-15(19)11(3)4/h10,14H,3,8-9H2,1-2,4-7H3. The molecule has 21 heavy (non-hydrogen) atoms. The number of hydrogen-bond donors (Lipinski definition) is 0. The molecule has 0 aliphatic rings. The van der Waals surface area contributed by atoms with Crippen LogP contribution in [0.4, 0.5) is 0 Å². The second-order valence-electron chi connectivity index (χ2n) is 6.38. The molecule has 0 aromatic heterocycles. The van der Waals surface area contributed by atoms with E-state index < -0.39 is 23.5 Å². The van der Waals surface area contributed by atoms with E-state index in [1.54, 1.807) is 6.92 Å². The van der Waals surface area contributed by atoms with Gasteiger partial charge in [-0.05, 0) is 19.8 Å². The van der Waals surface area contributed by atoms with E-state index in [1.165, 1.54) is 6.92 Å². The summed E-state index contributed by atoms with van der Waals surface area (Å²) < 4.78 is 10.6. The summed E-state index contributed by atoms with van der Waals surface area (Å²) in [5.74, 6) is -1.24. The third-order valence-electron chi connectivity index (χ3n) is 2.95. The number of ether oxygens (including phenoxy) is 2. The van der Waals surface area contributed by atoms with Crippen molar-refractivity contribution < 1.29 is 23.9 Å². The third-order valence-corrected chi connectivity index (χ3v) is 2.95. The van der Waals surface area contributed by atoms with Crippen molar-refractivity contribution in [3.63, 3.8) is 0 Å². The number of carbonyl (C=O) groups is 3. The second kappa shape index (κ2) is 7.96. The lowest BCUT2D eigenvalue weighted by atomic mass is 9.81. The smallest absolute Gasteiger partial charge is 0.333 e. The van der Waals surface area contributed by atoms with Gasteiger partial charge in [0.15, 0.2) is 0 Å². The summed E-state index contributed by atoms with van der Waals surface area (Å²) in [6.07, 6.45) is -0.701. The van der Waals surface area contributed by atoms with Crippen LogP contribution in [0.25, 0.3) is 0 Å². The lowest BCUT2D eigenvalue weighted by molar-refractivity contribution is -0.165. The molecule has 0 heterocycles. The van der Waals surface area contributed by atoms with Gasteiger partial charge < -0.3 is 9.47 Å². The maximum Gasteiger partial charge on any atom is 0.333 e. The molecule has 1 atom stereocenters. The summed E-state index contributed by atoms with van der Waals surface area (Å²) in [7, 11) is 0. The molecule has 0 aromatic rings. The van der Waals surface area contributed by atoms with Crippen LogP contribution >= 0.6 is 0 Å². The molecule has 0 aliphatic carbocycles. The van der Waals surface area contributed by atoms with E-state index in [-0.39, 0.29) is 24.7 Å². The van der Waals surface area contributed by atoms with Crippen LogP contribution in [0.2, 0.25) is 0 Å². The molecule has 0 rings (SSSR count). The molecule has 0 aromatic carbocycles. The summed E-state index contributed by atoms with van der Waals surface area (Å²) in [5, 5.41) is 0. The predicted octanol–water partition coefficient (Wildman–Crippen LogP) is 2.68. The van der Waals surface area contributed by atoms with Gasteiger partial charge in [-0.3, -0.25) is 9.59 Å². The first-order valence-electron chi connectivity index (χ1n) is 6.99. The van der Waals surface area contributed by atoms with Crippen molar-refractivity contribution in [1.82, 2.24) is 0 Å². The zero-order chi connectivity index (χ0) is 16.8. The van der Waals surface area contributed by atoms with E-state index in [0.717, 1.165) is 0 Å². The van der Waals surface area contributed by atoms with Crippen LogP contribution < -0.4 is 0 Å². The SMILES string of the molecule is C=C(C)C(=O)OCC(C)(C)C(OC(=O)CC(C)=O)C(C)C. The fourth-order valence-electron chi connectivity index (χ4n) is 2.04. The van der Waals surface area contributed by atoms with Crippen LogP contribution in [0.5, 0.6) is 0 Å². The average molecular weight is 298 g/mol. The predicted molar refractivity (Wildman–Crippen MR) is 79.6 cm³/mol. The molecule has 0 bridgehead atoms. The number of ketones is 1. The molecular formula is C16H26O5. The minimum atomic E-state index is -0.564. The molecule has 0 radical (unpaired) electrons. The van der Waals surface area contributed by atoms with Gasteiger partial charge in [0, 0.05) is 11.0 Å². The van der Waals surface area contributed by atoms with Crippen molar-refractivity contribution in [2.45, 2.75) is 54.1 Å². The summed E-state index contributed by atoms with van der Waals surface area (Å²) in [6.45, 7) is 14.1. The summed E-state index contributed by atoms with van der Waals surface area (Å²) in [5.41, 5.74) is -0.244. The Labute approximate surface area is 126 Å². The Morgan fingerprint density at radius 3 is 2.05 bits per heavy atom. The Balaban J connectivity index is 4.83. The minimum absolute atomic E-state index is 0.0273. The highest BCUT2D eigenvalue weighted by Gasteiger charge is 2.36. The lowest BCUT2D eigenvalue weighted by Crippen LogP contribution is -2.42. The highest BCUT2D eigenvalue weighted by Crippen LogP contribution is 2.30. The van der Waals surface area contributed by atoms with Crippen LogP contribution in [-0.4, -0.2) is 30.4 Å². The normalized spacial score (nSPS) is 12.7. The zero-order valence-electron chi connectivity index (χ0n) is 13.8. The van der Waals surface area contributed by atoms with E-state index in [2.05, 4.69) is 6.58 Å². The van der Waals surface area contributed by atoms with Crippen molar-refractivity contribution in [3.05, 3.63) is 12.2 Å². The van der Waals surface area contributed by atoms with E-state index >= 15 is 0 Å². The van der Waals surface area contributed by atoms with Gasteiger partial charge in [0.05, 0.1) is 0 Å². The number of carbonyl (C=O) groups excluding carboxylic acids is 3. The van der Waals surface area contributed by atoms with Crippen molar-refractivity contribution in [2.24, 2.45) is 11.3 Å². The molecule has 0 N–H and O–H groups in total. The van der Waals surface area contributed by atoms with Gasteiger partial charge >= 0.3 is 11.9 Å². The van der Waals surface area contributed by atoms with Crippen LogP contribution in [-0.2, 0) is 23.9 Å². The van der Waals surface area contributed by atoms with Crippen molar-refractivity contribution in [3.8, 4) is 0 Å². The molecule has 0 fully saturated rings. The van der Waals surface area contributed by atoms with Gasteiger partial charge in [-0.25, -0.2) is 4.79 Å². The van der Waals surface area contributed by atoms with Gasteiger partial charge in [-0.2, -0.15) is 0 Å². The van der Waals surface area contributed by atoms with Crippen molar-refractivity contribution in [2.75, 3.05) is 6.61 Å². The van der Waals surface area contributed by atoms with Gasteiger partial charge in [-0.1, -0.05) is 34.3 Å². The zero-order valence-corrected chi connectivity index (χ0v) is 13.8. The molecular weight excluding hydrogens is 272 g/mol. The van der Waals surface area contributed by atoms with Crippen molar-refractivity contribution in [1.29, 1.82) is 0 Å². The highest BCUT2D eigenvalue weighted by atomic mass is 16.6. The molecule has 0 amide bonds. The number of esters is 2. The third kappa shape index (κ3) is 7.06. The first kappa shape index (κ1) is 19.4. The first-order valence-corrected chi connectivity index (χ1v) is 6.99. The van der Waals surface area contributed by atoms with E-state index in [9.17, 15) is 14.4 Å². The van der Waals surface area contributed by atoms with Crippen LogP contribution in [0, 0.1) is 11.3 Å². The highest BCUT2D eigenvalue weighted by molar-refractivity contribution is 5.94. The average Bonchev–Trinajstić information content (AvgIpc) is 2.31. The quantitative estimate of drug-likeness (QED) is 0.391. The molecule has 0 aliphatic heterocycles. The maximum atomic E-state index is 11.7. The summed E-state index contributed by atoms with van der Waals surface area (Å²) in [6, 6.07) is 0. The Hall–Kier alpha value is -1.65. The monoisotopic (exact) mass is 298 g/mol. The van der Waals surface area contributed by atoms with Crippen LogP contribution in [0.15, 0.2) is 12.2 Å². The van der Waals surface area contributed by atoms with Gasteiger partial charge in [-0.15, -0.1) is 0 Å². The molecule has 0 saturated carbocycles. The number of rotatable bonds is 8. The van der Waals surface area contributed by atoms with E-state index in [0.29, 0.717) is 5.57 Å². The van der Waals surface area contributed by atoms with Crippen molar-refractivity contribution >= 4 is 17.7 Å². The Kier molecular flexibility index (Phi) is 7.33. The molecule has 120 valence electrons. The molecule has 5 nitrogen and oxygen atoms in total. The molecule has 1 unspecified atom stereocenters. The first-order chi connectivity index (χ1) is 9.47. The Morgan fingerprint density at radius 2 is 1.67 bits per heavy atom. The van der Waals surface area contributed by atoms with Crippen LogP contribution in [0.1, 0.15) is 48.0 Å². The largest absolute Gasteiger partial charge is 0.462 e. The number of hydrogen-bond acceptors (Lipinski definition) is 5.